The minimum absolute atomic E-state index is 0.0299. The van der Waals surface area contributed by atoms with Crippen molar-refractivity contribution in [1.82, 2.24) is 5.32 Å². The molecule has 2 aromatic rings. The smallest absolute Gasteiger partial charge is 0.123 e. The Hall–Kier alpha value is -1.71. The van der Waals surface area contributed by atoms with Crippen molar-refractivity contribution in [2.75, 3.05) is 0 Å². The van der Waals surface area contributed by atoms with Crippen molar-refractivity contribution in [2.24, 2.45) is 0 Å². The molecule has 112 valence electrons. The van der Waals surface area contributed by atoms with E-state index in [9.17, 15) is 9.50 Å². The predicted molar refractivity (Wildman–Crippen MR) is 83.5 cm³/mol. The summed E-state index contributed by atoms with van der Waals surface area (Å²) < 4.78 is 12.9. The molecule has 2 nitrogen and oxygen atoms in total. The van der Waals surface area contributed by atoms with Gasteiger partial charge in [0, 0.05) is 12.6 Å². The van der Waals surface area contributed by atoms with E-state index in [1.165, 1.54) is 17.7 Å². The van der Waals surface area contributed by atoms with Crippen molar-refractivity contribution in [1.29, 1.82) is 0 Å². The molecule has 0 amide bonds. The third-order valence-corrected chi connectivity index (χ3v) is 3.72. The molecule has 2 unspecified atom stereocenters. The fourth-order valence-electron chi connectivity index (χ4n) is 2.33. The number of aryl methyl sites for hydroxylation is 1. The molecular weight excluding hydrogens is 265 g/mol. The van der Waals surface area contributed by atoms with Crippen LogP contribution in [0.5, 0.6) is 0 Å². The highest BCUT2D eigenvalue weighted by atomic mass is 19.1. The van der Waals surface area contributed by atoms with Crippen LogP contribution in [0.2, 0.25) is 0 Å². The second-order valence-electron chi connectivity index (χ2n) is 5.38. The van der Waals surface area contributed by atoms with Gasteiger partial charge in [-0.2, -0.15) is 0 Å². The van der Waals surface area contributed by atoms with Gasteiger partial charge in [-0.1, -0.05) is 48.9 Å². The lowest BCUT2D eigenvalue weighted by Crippen LogP contribution is -2.34. The van der Waals surface area contributed by atoms with Crippen LogP contribution in [0.1, 0.15) is 36.1 Å². The first-order chi connectivity index (χ1) is 10.1. The van der Waals surface area contributed by atoms with Crippen LogP contribution in [0.3, 0.4) is 0 Å². The fourth-order valence-corrected chi connectivity index (χ4v) is 2.33. The molecule has 0 aliphatic carbocycles. The highest BCUT2D eigenvalue weighted by Crippen LogP contribution is 2.20. The van der Waals surface area contributed by atoms with Gasteiger partial charge in [0.25, 0.3) is 0 Å². The van der Waals surface area contributed by atoms with E-state index in [2.05, 4.69) is 5.32 Å². The number of aliphatic hydroxyl groups is 1. The Morgan fingerprint density at radius 2 is 1.67 bits per heavy atom. The Labute approximate surface area is 125 Å². The van der Waals surface area contributed by atoms with Gasteiger partial charge >= 0.3 is 0 Å². The number of hydrogen-bond acceptors (Lipinski definition) is 2. The summed E-state index contributed by atoms with van der Waals surface area (Å²) in [4.78, 5) is 0. The molecule has 0 saturated heterocycles. The van der Waals surface area contributed by atoms with E-state index < -0.39 is 6.10 Å². The van der Waals surface area contributed by atoms with Crippen LogP contribution in [0.25, 0.3) is 0 Å². The van der Waals surface area contributed by atoms with Gasteiger partial charge in [0.15, 0.2) is 0 Å². The van der Waals surface area contributed by atoms with Crippen molar-refractivity contribution in [3.63, 3.8) is 0 Å². The summed E-state index contributed by atoms with van der Waals surface area (Å²) >= 11 is 0. The van der Waals surface area contributed by atoms with E-state index in [4.69, 9.17) is 0 Å². The molecule has 0 radical (unpaired) electrons. The minimum Gasteiger partial charge on any atom is -0.387 e. The summed E-state index contributed by atoms with van der Waals surface area (Å²) in [5, 5.41) is 13.8. The van der Waals surface area contributed by atoms with Gasteiger partial charge in [0.2, 0.25) is 0 Å². The normalized spacial score (nSPS) is 13.9. The van der Waals surface area contributed by atoms with Crippen LogP contribution in [0, 0.1) is 12.7 Å². The summed E-state index contributed by atoms with van der Waals surface area (Å²) in [7, 11) is 0. The summed E-state index contributed by atoms with van der Waals surface area (Å²) in [5.41, 5.74) is 3.10. The van der Waals surface area contributed by atoms with E-state index in [1.807, 2.05) is 38.1 Å². The van der Waals surface area contributed by atoms with Crippen LogP contribution in [0.4, 0.5) is 4.39 Å². The Morgan fingerprint density at radius 1 is 1.05 bits per heavy atom. The number of nitrogens with one attached hydrogen (secondary N) is 1. The van der Waals surface area contributed by atoms with Crippen LogP contribution in [0.15, 0.2) is 48.5 Å². The van der Waals surface area contributed by atoms with E-state index in [0.717, 1.165) is 17.5 Å². The van der Waals surface area contributed by atoms with Gasteiger partial charge < -0.3 is 10.4 Å². The molecule has 0 fully saturated rings. The van der Waals surface area contributed by atoms with Crippen molar-refractivity contribution < 1.29 is 9.50 Å². The average Bonchev–Trinajstić information content (AvgIpc) is 2.50. The molecule has 3 heteroatoms. The molecule has 2 atom stereocenters. The number of hydrogen-bond donors (Lipinski definition) is 2. The Bertz CT molecular complexity index is 550. The first kappa shape index (κ1) is 15.7. The van der Waals surface area contributed by atoms with Gasteiger partial charge in [-0.3, -0.25) is 0 Å². The molecule has 0 aliphatic heterocycles. The lowest BCUT2D eigenvalue weighted by atomic mass is 9.99. The van der Waals surface area contributed by atoms with E-state index in [1.54, 1.807) is 12.1 Å². The number of rotatable bonds is 6. The largest absolute Gasteiger partial charge is 0.387 e. The lowest BCUT2D eigenvalue weighted by molar-refractivity contribution is 0.125. The maximum Gasteiger partial charge on any atom is 0.123 e. The summed E-state index contributed by atoms with van der Waals surface area (Å²) in [5.74, 6) is -0.231. The first-order valence-electron chi connectivity index (χ1n) is 7.32. The number of halogens is 1. The van der Waals surface area contributed by atoms with Crippen molar-refractivity contribution in [2.45, 2.75) is 39.0 Å². The third-order valence-electron chi connectivity index (χ3n) is 3.72. The molecular formula is C18H22FNO. The molecule has 0 spiro atoms. The van der Waals surface area contributed by atoms with Crippen LogP contribution in [-0.4, -0.2) is 11.1 Å². The van der Waals surface area contributed by atoms with E-state index in [0.29, 0.717) is 6.54 Å². The molecule has 21 heavy (non-hydrogen) atoms. The predicted octanol–water partition coefficient (Wildman–Crippen LogP) is 3.74. The van der Waals surface area contributed by atoms with Gasteiger partial charge in [-0.15, -0.1) is 0 Å². The fraction of sp³-hybridized carbons (Fsp3) is 0.333. The van der Waals surface area contributed by atoms with Crippen LogP contribution in [-0.2, 0) is 6.54 Å². The monoisotopic (exact) mass is 287 g/mol. The Kier molecular flexibility index (Phi) is 5.48. The standard InChI is InChI=1S/C18H22FNO/c1-3-17(18(21)15-8-4-13(2)5-9-15)20-12-14-6-10-16(19)11-7-14/h4-11,17-18,20-21H,3,12H2,1-2H3. The molecule has 2 N–H and O–H groups in total. The number of aliphatic hydroxyl groups excluding tert-OH is 1. The SMILES string of the molecule is CCC(NCc1ccc(F)cc1)C(O)c1ccc(C)cc1. The lowest BCUT2D eigenvalue weighted by Gasteiger charge is -2.23. The van der Waals surface area contributed by atoms with Crippen LogP contribution < -0.4 is 5.32 Å². The second kappa shape index (κ2) is 7.34. The van der Waals surface area contributed by atoms with Crippen molar-refractivity contribution in [3.05, 3.63) is 71.0 Å². The highest BCUT2D eigenvalue weighted by Gasteiger charge is 2.18. The molecule has 2 aromatic carbocycles. The molecule has 0 heterocycles. The zero-order chi connectivity index (χ0) is 15.2. The molecule has 2 rings (SSSR count). The maximum absolute atomic E-state index is 12.9. The maximum atomic E-state index is 12.9. The summed E-state index contributed by atoms with van der Waals surface area (Å²) in [6.07, 6.45) is 0.270. The molecule has 0 aliphatic rings. The summed E-state index contributed by atoms with van der Waals surface area (Å²) in [6.45, 7) is 4.68. The third kappa shape index (κ3) is 4.38. The van der Waals surface area contributed by atoms with E-state index in [-0.39, 0.29) is 11.9 Å². The quantitative estimate of drug-likeness (QED) is 0.848. The highest BCUT2D eigenvalue weighted by molar-refractivity contribution is 5.24. The second-order valence-corrected chi connectivity index (χ2v) is 5.38. The van der Waals surface area contributed by atoms with E-state index >= 15 is 0 Å². The van der Waals surface area contributed by atoms with Gasteiger partial charge in [-0.25, -0.2) is 4.39 Å². The van der Waals surface area contributed by atoms with Gasteiger partial charge in [-0.05, 0) is 36.6 Å². The average molecular weight is 287 g/mol. The molecule has 0 bridgehead atoms. The van der Waals surface area contributed by atoms with Gasteiger partial charge in [0.05, 0.1) is 6.10 Å². The Morgan fingerprint density at radius 3 is 2.24 bits per heavy atom. The number of benzene rings is 2. The zero-order valence-electron chi connectivity index (χ0n) is 12.5. The topological polar surface area (TPSA) is 32.3 Å². The van der Waals surface area contributed by atoms with Crippen molar-refractivity contribution >= 4 is 0 Å². The van der Waals surface area contributed by atoms with Crippen LogP contribution >= 0.6 is 0 Å². The first-order valence-corrected chi connectivity index (χ1v) is 7.32. The van der Waals surface area contributed by atoms with Crippen molar-refractivity contribution in [3.8, 4) is 0 Å². The van der Waals surface area contributed by atoms with Gasteiger partial charge in [0.1, 0.15) is 5.82 Å². The summed E-state index contributed by atoms with van der Waals surface area (Å²) in [6, 6.07) is 14.3. The molecule has 0 saturated carbocycles. The molecule has 0 aromatic heterocycles. The zero-order valence-corrected chi connectivity index (χ0v) is 12.5. The minimum atomic E-state index is -0.545. The Balaban J connectivity index is 1.98.